The highest BCUT2D eigenvalue weighted by Gasteiger charge is 2.35. The van der Waals surface area contributed by atoms with Gasteiger partial charge in [0.2, 0.25) is 0 Å². The minimum atomic E-state index is -0.848. The second kappa shape index (κ2) is 3.51. The molecule has 3 heteroatoms. The van der Waals surface area contributed by atoms with E-state index in [4.69, 9.17) is 5.11 Å². The Morgan fingerprint density at radius 2 is 2.00 bits per heavy atom. The van der Waals surface area contributed by atoms with Crippen LogP contribution < -0.4 is 4.90 Å². The van der Waals surface area contributed by atoms with E-state index in [1.54, 1.807) is 6.07 Å². The quantitative estimate of drug-likeness (QED) is 0.831. The molecule has 1 aliphatic heterocycles. The number of carboxylic acids is 1. The summed E-state index contributed by atoms with van der Waals surface area (Å²) >= 11 is 0. The van der Waals surface area contributed by atoms with Crippen LogP contribution in [0.15, 0.2) is 18.2 Å². The molecule has 2 rings (SSSR count). The minimum absolute atomic E-state index is 0.353. The summed E-state index contributed by atoms with van der Waals surface area (Å²) in [5.41, 5.74) is 2.68. The van der Waals surface area contributed by atoms with E-state index in [0.29, 0.717) is 11.0 Å². The smallest absolute Gasteiger partial charge is 0.336 e. The standard InChI is InChI=1S/C13H17NO2/c1-9-10(12(15)16)5-4-6-11(9)14-7-13(2,3)8-14/h4-6H,7-8H2,1-3H3,(H,15,16). The highest BCUT2D eigenvalue weighted by Crippen LogP contribution is 2.35. The van der Waals surface area contributed by atoms with Crippen molar-refractivity contribution in [1.29, 1.82) is 0 Å². The zero-order chi connectivity index (χ0) is 11.9. The predicted molar refractivity (Wildman–Crippen MR) is 64.1 cm³/mol. The maximum Gasteiger partial charge on any atom is 0.336 e. The van der Waals surface area contributed by atoms with Crippen molar-refractivity contribution in [3.05, 3.63) is 29.3 Å². The normalized spacial score (nSPS) is 18.1. The first-order chi connectivity index (χ1) is 7.41. The number of rotatable bonds is 2. The molecule has 86 valence electrons. The van der Waals surface area contributed by atoms with Crippen LogP contribution in [-0.4, -0.2) is 24.2 Å². The van der Waals surface area contributed by atoms with Gasteiger partial charge in [0.1, 0.15) is 0 Å². The molecule has 3 nitrogen and oxygen atoms in total. The van der Waals surface area contributed by atoms with Gasteiger partial charge in [-0.15, -0.1) is 0 Å². The van der Waals surface area contributed by atoms with Gasteiger partial charge in [-0.05, 0) is 30.0 Å². The fraction of sp³-hybridized carbons (Fsp3) is 0.462. The molecule has 16 heavy (non-hydrogen) atoms. The summed E-state index contributed by atoms with van der Waals surface area (Å²) in [5.74, 6) is -0.848. The van der Waals surface area contributed by atoms with E-state index in [0.717, 1.165) is 24.3 Å². The SMILES string of the molecule is Cc1c(C(=O)O)cccc1N1CC(C)(C)C1. The van der Waals surface area contributed by atoms with Crippen molar-refractivity contribution in [2.75, 3.05) is 18.0 Å². The van der Waals surface area contributed by atoms with Gasteiger partial charge in [0, 0.05) is 18.8 Å². The molecule has 0 spiro atoms. The largest absolute Gasteiger partial charge is 0.478 e. The summed E-state index contributed by atoms with van der Waals surface area (Å²) in [6.45, 7) is 8.32. The molecule has 0 unspecified atom stereocenters. The van der Waals surface area contributed by atoms with Gasteiger partial charge in [-0.3, -0.25) is 0 Å². The third kappa shape index (κ3) is 1.77. The van der Waals surface area contributed by atoms with E-state index in [2.05, 4.69) is 18.7 Å². The van der Waals surface area contributed by atoms with E-state index in [1.165, 1.54) is 0 Å². The summed E-state index contributed by atoms with van der Waals surface area (Å²) in [6, 6.07) is 5.47. The maximum atomic E-state index is 11.0. The Morgan fingerprint density at radius 3 is 2.50 bits per heavy atom. The van der Waals surface area contributed by atoms with Crippen LogP contribution in [0.2, 0.25) is 0 Å². The van der Waals surface area contributed by atoms with Gasteiger partial charge in [0.05, 0.1) is 5.56 Å². The van der Waals surface area contributed by atoms with E-state index >= 15 is 0 Å². The Hall–Kier alpha value is -1.51. The first-order valence-electron chi connectivity index (χ1n) is 5.48. The molecule has 1 aromatic carbocycles. The Bertz CT molecular complexity index is 430. The summed E-state index contributed by atoms with van der Waals surface area (Å²) < 4.78 is 0. The van der Waals surface area contributed by atoms with Gasteiger partial charge in [-0.1, -0.05) is 19.9 Å². The van der Waals surface area contributed by atoms with Gasteiger partial charge >= 0.3 is 5.97 Å². The van der Waals surface area contributed by atoms with Gasteiger partial charge < -0.3 is 10.0 Å². The van der Waals surface area contributed by atoms with E-state index in [-0.39, 0.29) is 0 Å². The third-order valence-corrected chi connectivity index (χ3v) is 3.11. The van der Waals surface area contributed by atoms with Crippen molar-refractivity contribution in [3.8, 4) is 0 Å². The Labute approximate surface area is 95.7 Å². The zero-order valence-electron chi connectivity index (χ0n) is 9.95. The Balaban J connectivity index is 2.30. The second-order valence-electron chi connectivity index (χ2n) is 5.28. The topological polar surface area (TPSA) is 40.5 Å². The second-order valence-corrected chi connectivity index (χ2v) is 5.28. The lowest BCUT2D eigenvalue weighted by Crippen LogP contribution is -2.53. The van der Waals surface area contributed by atoms with Crippen LogP contribution >= 0.6 is 0 Å². The molecule has 0 bridgehead atoms. The van der Waals surface area contributed by atoms with E-state index in [1.807, 2.05) is 19.1 Å². The molecule has 0 atom stereocenters. The molecule has 0 radical (unpaired) electrons. The van der Waals surface area contributed by atoms with Crippen LogP contribution in [-0.2, 0) is 0 Å². The highest BCUT2D eigenvalue weighted by atomic mass is 16.4. The lowest BCUT2D eigenvalue weighted by atomic mass is 9.83. The van der Waals surface area contributed by atoms with E-state index in [9.17, 15) is 4.79 Å². The number of carboxylic acid groups (broad SMARTS) is 1. The summed E-state index contributed by atoms with van der Waals surface area (Å²) in [7, 11) is 0. The first-order valence-corrected chi connectivity index (χ1v) is 5.48. The summed E-state index contributed by atoms with van der Waals surface area (Å²) in [6.07, 6.45) is 0. The summed E-state index contributed by atoms with van der Waals surface area (Å²) in [5, 5.41) is 9.05. The Morgan fingerprint density at radius 1 is 1.38 bits per heavy atom. The fourth-order valence-electron chi connectivity index (χ4n) is 2.36. The van der Waals surface area contributed by atoms with Crippen LogP contribution in [0.4, 0.5) is 5.69 Å². The fourth-order valence-corrected chi connectivity index (χ4v) is 2.36. The van der Waals surface area contributed by atoms with Crippen LogP contribution in [0.3, 0.4) is 0 Å². The van der Waals surface area contributed by atoms with Crippen molar-refractivity contribution in [3.63, 3.8) is 0 Å². The monoisotopic (exact) mass is 219 g/mol. The molecule has 1 saturated heterocycles. The predicted octanol–water partition coefficient (Wildman–Crippen LogP) is 2.54. The molecule has 1 aromatic rings. The number of carbonyl (C=O) groups is 1. The number of anilines is 1. The van der Waals surface area contributed by atoms with Crippen LogP contribution in [0, 0.1) is 12.3 Å². The number of aromatic carboxylic acids is 1. The zero-order valence-corrected chi connectivity index (χ0v) is 9.95. The van der Waals surface area contributed by atoms with Crippen molar-refractivity contribution < 1.29 is 9.90 Å². The molecule has 0 aromatic heterocycles. The van der Waals surface area contributed by atoms with Gasteiger partial charge in [0.15, 0.2) is 0 Å². The highest BCUT2D eigenvalue weighted by molar-refractivity contribution is 5.91. The van der Waals surface area contributed by atoms with Crippen molar-refractivity contribution in [1.82, 2.24) is 0 Å². The molecule has 0 amide bonds. The molecule has 1 fully saturated rings. The molecule has 1 N–H and O–H groups in total. The number of hydrogen-bond acceptors (Lipinski definition) is 2. The van der Waals surface area contributed by atoms with Crippen LogP contribution in [0.5, 0.6) is 0 Å². The Kier molecular flexibility index (Phi) is 2.41. The first kappa shape index (κ1) is 11.0. The molecule has 0 aliphatic carbocycles. The average molecular weight is 219 g/mol. The molecule has 0 saturated carbocycles. The van der Waals surface area contributed by atoms with Crippen molar-refractivity contribution in [2.45, 2.75) is 20.8 Å². The molecule has 1 heterocycles. The lowest BCUT2D eigenvalue weighted by molar-refractivity contribution is 0.0696. The van der Waals surface area contributed by atoms with Crippen molar-refractivity contribution in [2.24, 2.45) is 5.41 Å². The number of benzene rings is 1. The third-order valence-electron chi connectivity index (χ3n) is 3.11. The van der Waals surface area contributed by atoms with Gasteiger partial charge in [0.25, 0.3) is 0 Å². The van der Waals surface area contributed by atoms with E-state index < -0.39 is 5.97 Å². The van der Waals surface area contributed by atoms with Gasteiger partial charge in [-0.2, -0.15) is 0 Å². The van der Waals surface area contributed by atoms with Gasteiger partial charge in [-0.25, -0.2) is 4.79 Å². The molecule has 1 aliphatic rings. The average Bonchev–Trinajstić information content (AvgIpc) is 2.14. The lowest BCUT2D eigenvalue weighted by Gasteiger charge is -2.48. The van der Waals surface area contributed by atoms with Crippen LogP contribution in [0.1, 0.15) is 29.8 Å². The minimum Gasteiger partial charge on any atom is -0.478 e. The molecular formula is C13H17NO2. The number of nitrogens with zero attached hydrogens (tertiary/aromatic N) is 1. The number of hydrogen-bond donors (Lipinski definition) is 1. The maximum absolute atomic E-state index is 11.0. The summed E-state index contributed by atoms with van der Waals surface area (Å²) in [4.78, 5) is 13.2. The van der Waals surface area contributed by atoms with Crippen molar-refractivity contribution >= 4 is 11.7 Å². The van der Waals surface area contributed by atoms with Crippen LogP contribution in [0.25, 0.3) is 0 Å². The molecular weight excluding hydrogens is 202 g/mol.